The van der Waals surface area contributed by atoms with Crippen LogP contribution < -0.4 is 0 Å². The molecular weight excluding hydrogens is 112 g/mol. The Hall–Kier alpha value is -0.720. The highest BCUT2D eigenvalue weighted by Gasteiger charge is 2.21. The van der Waals surface area contributed by atoms with E-state index in [-0.39, 0.29) is 0 Å². The summed E-state index contributed by atoms with van der Waals surface area (Å²) < 4.78 is 5.18. The second-order valence-electron chi connectivity index (χ2n) is 2.54. The Morgan fingerprint density at radius 3 is 3.33 bits per heavy atom. The largest absolute Gasteiger partial charge is 0.454 e. The van der Waals surface area contributed by atoms with E-state index in [9.17, 15) is 0 Å². The number of rotatable bonds is 0. The number of hydrogen-bond acceptors (Lipinski definition) is 1. The maximum absolute atomic E-state index is 5.18. The van der Waals surface area contributed by atoms with Crippen LogP contribution in [0.5, 0.6) is 0 Å². The lowest BCUT2D eigenvalue weighted by Gasteiger charge is -1.91. The minimum absolute atomic E-state index is 1.13. The lowest BCUT2D eigenvalue weighted by atomic mass is 10.1. The van der Waals surface area contributed by atoms with Gasteiger partial charge in [-0.1, -0.05) is 6.08 Å². The van der Waals surface area contributed by atoms with Crippen LogP contribution in [0.2, 0.25) is 0 Å². The molecule has 0 atom stereocenters. The normalized spacial score (nSPS) is 24.0. The molecule has 1 nitrogen and oxygen atoms in total. The van der Waals surface area contributed by atoms with Crippen molar-refractivity contribution in [3.63, 3.8) is 0 Å². The molecule has 2 rings (SSSR count). The van der Waals surface area contributed by atoms with Crippen molar-refractivity contribution in [2.75, 3.05) is 0 Å². The molecule has 0 unspecified atom stereocenters. The standard InChI is InChI=1S/C8H10O/c1-2-4-6-8-7(9-8)5-3-1/h3,5H,1-2,4,6H2. The molecule has 0 bridgehead atoms. The van der Waals surface area contributed by atoms with E-state index in [4.69, 9.17) is 4.74 Å². The molecule has 0 N–H and O–H groups in total. The first kappa shape index (κ1) is 5.10. The quantitative estimate of drug-likeness (QED) is 0.480. The SMILES string of the molecule is C1=CC2=C(CCCC1)O2. The van der Waals surface area contributed by atoms with Crippen molar-refractivity contribution >= 4 is 0 Å². The van der Waals surface area contributed by atoms with Crippen LogP contribution in [0.1, 0.15) is 25.7 Å². The van der Waals surface area contributed by atoms with Crippen LogP contribution in [0.4, 0.5) is 0 Å². The molecule has 0 aromatic rings. The smallest absolute Gasteiger partial charge is 0.165 e. The fraction of sp³-hybridized carbons (Fsp3) is 0.500. The molecule has 1 heteroatoms. The average Bonchev–Trinajstić information content (AvgIpc) is 2.46. The van der Waals surface area contributed by atoms with Crippen LogP contribution in [0.25, 0.3) is 0 Å². The molecule has 48 valence electrons. The minimum atomic E-state index is 1.13. The lowest BCUT2D eigenvalue weighted by molar-refractivity contribution is 0.460. The monoisotopic (exact) mass is 122 g/mol. The summed E-state index contributed by atoms with van der Waals surface area (Å²) >= 11 is 0. The van der Waals surface area contributed by atoms with Gasteiger partial charge < -0.3 is 4.74 Å². The Morgan fingerprint density at radius 2 is 2.33 bits per heavy atom. The van der Waals surface area contributed by atoms with Crippen molar-refractivity contribution in [2.45, 2.75) is 25.7 Å². The third kappa shape index (κ3) is 0.995. The summed E-state index contributed by atoms with van der Waals surface area (Å²) in [5, 5.41) is 0. The maximum Gasteiger partial charge on any atom is 0.165 e. The molecule has 2 aliphatic rings. The molecule has 0 saturated carbocycles. The van der Waals surface area contributed by atoms with Crippen molar-refractivity contribution in [3.05, 3.63) is 23.7 Å². The van der Waals surface area contributed by atoms with E-state index in [1.165, 1.54) is 31.4 Å². The number of hydrogen-bond donors (Lipinski definition) is 0. The second kappa shape index (κ2) is 1.90. The van der Waals surface area contributed by atoms with Gasteiger partial charge in [-0.15, -0.1) is 0 Å². The Labute approximate surface area is 55.0 Å². The van der Waals surface area contributed by atoms with Crippen molar-refractivity contribution in [1.82, 2.24) is 0 Å². The summed E-state index contributed by atoms with van der Waals surface area (Å²) in [6.07, 6.45) is 9.29. The van der Waals surface area contributed by atoms with Gasteiger partial charge >= 0.3 is 0 Å². The molecule has 9 heavy (non-hydrogen) atoms. The van der Waals surface area contributed by atoms with Gasteiger partial charge in [-0.3, -0.25) is 0 Å². The highest BCUT2D eigenvalue weighted by atomic mass is 16.6. The summed E-state index contributed by atoms with van der Waals surface area (Å²) in [4.78, 5) is 0. The van der Waals surface area contributed by atoms with E-state index in [1.54, 1.807) is 0 Å². The molecule has 1 aliphatic carbocycles. The van der Waals surface area contributed by atoms with E-state index in [2.05, 4.69) is 12.2 Å². The predicted molar refractivity (Wildman–Crippen MR) is 35.7 cm³/mol. The zero-order valence-electron chi connectivity index (χ0n) is 5.39. The van der Waals surface area contributed by atoms with Gasteiger partial charge in [-0.25, -0.2) is 0 Å². The summed E-state index contributed by atoms with van der Waals surface area (Å²) in [7, 11) is 0. The van der Waals surface area contributed by atoms with Gasteiger partial charge in [0, 0.05) is 6.42 Å². The minimum Gasteiger partial charge on any atom is -0.454 e. The fourth-order valence-electron chi connectivity index (χ4n) is 1.15. The zero-order valence-corrected chi connectivity index (χ0v) is 5.39. The molecule has 0 radical (unpaired) electrons. The fourth-order valence-corrected chi connectivity index (χ4v) is 1.15. The highest BCUT2D eigenvalue weighted by Crippen LogP contribution is 2.33. The van der Waals surface area contributed by atoms with Crippen LogP contribution in [-0.4, -0.2) is 0 Å². The van der Waals surface area contributed by atoms with Crippen LogP contribution in [0.3, 0.4) is 0 Å². The molecule has 1 heterocycles. The molecule has 0 aromatic heterocycles. The van der Waals surface area contributed by atoms with Gasteiger partial charge in [0.1, 0.15) is 5.76 Å². The molecular formula is C8H10O. The van der Waals surface area contributed by atoms with E-state index < -0.39 is 0 Å². The van der Waals surface area contributed by atoms with Crippen molar-refractivity contribution in [1.29, 1.82) is 0 Å². The maximum atomic E-state index is 5.18. The van der Waals surface area contributed by atoms with Crippen molar-refractivity contribution in [2.24, 2.45) is 0 Å². The molecule has 0 fully saturated rings. The third-order valence-electron chi connectivity index (χ3n) is 1.76. The summed E-state index contributed by atoms with van der Waals surface area (Å²) in [6, 6.07) is 0. The molecule has 0 spiro atoms. The first-order valence-corrected chi connectivity index (χ1v) is 3.54. The Balaban J connectivity index is 2.08. The van der Waals surface area contributed by atoms with Crippen LogP contribution in [-0.2, 0) is 4.74 Å². The summed E-state index contributed by atoms with van der Waals surface area (Å²) in [6.45, 7) is 0. The number of ether oxygens (including phenoxy) is 1. The molecule has 0 saturated heterocycles. The Morgan fingerprint density at radius 1 is 1.33 bits per heavy atom. The van der Waals surface area contributed by atoms with Crippen molar-refractivity contribution < 1.29 is 4.74 Å². The molecule has 1 aliphatic heterocycles. The van der Waals surface area contributed by atoms with Gasteiger partial charge in [0.05, 0.1) is 0 Å². The Bertz CT molecular complexity index is 177. The van der Waals surface area contributed by atoms with Gasteiger partial charge in [-0.2, -0.15) is 0 Å². The highest BCUT2D eigenvalue weighted by molar-refractivity contribution is 5.29. The topological polar surface area (TPSA) is 12.5 Å². The van der Waals surface area contributed by atoms with Crippen LogP contribution in [0, 0.1) is 0 Å². The van der Waals surface area contributed by atoms with Gasteiger partial charge in [0.2, 0.25) is 0 Å². The summed E-state index contributed by atoms with van der Waals surface area (Å²) in [5.41, 5.74) is 0. The summed E-state index contributed by atoms with van der Waals surface area (Å²) in [5.74, 6) is 2.36. The number of allylic oxidation sites excluding steroid dienone is 3. The van der Waals surface area contributed by atoms with Crippen LogP contribution >= 0.6 is 0 Å². The lowest BCUT2D eigenvalue weighted by Crippen LogP contribution is -1.74. The molecule has 0 aromatic carbocycles. The van der Waals surface area contributed by atoms with Gasteiger partial charge in [0.25, 0.3) is 0 Å². The van der Waals surface area contributed by atoms with E-state index >= 15 is 0 Å². The van der Waals surface area contributed by atoms with E-state index in [0.717, 1.165) is 5.76 Å². The first-order valence-electron chi connectivity index (χ1n) is 3.54. The zero-order chi connectivity index (χ0) is 6.10. The third-order valence-corrected chi connectivity index (χ3v) is 1.76. The van der Waals surface area contributed by atoms with Gasteiger partial charge in [-0.05, 0) is 25.3 Å². The average molecular weight is 122 g/mol. The van der Waals surface area contributed by atoms with E-state index in [1.807, 2.05) is 0 Å². The Kier molecular flexibility index (Phi) is 1.08. The van der Waals surface area contributed by atoms with Gasteiger partial charge in [0.15, 0.2) is 5.76 Å². The van der Waals surface area contributed by atoms with E-state index in [0.29, 0.717) is 0 Å². The first-order chi connectivity index (χ1) is 4.47. The van der Waals surface area contributed by atoms with Crippen molar-refractivity contribution in [3.8, 4) is 0 Å². The second-order valence-corrected chi connectivity index (χ2v) is 2.54. The predicted octanol–water partition coefficient (Wildman–Crippen LogP) is 2.36. The molecule has 0 amide bonds. The van der Waals surface area contributed by atoms with Crippen LogP contribution in [0.15, 0.2) is 23.7 Å².